The highest BCUT2D eigenvalue weighted by atomic mass is 14.4. The number of aryl methyl sites for hydroxylation is 1. The molecular formula is C22H33N. The molecule has 0 bridgehead atoms. The van der Waals surface area contributed by atoms with Crippen LogP contribution in [0.15, 0.2) is 24.3 Å². The summed E-state index contributed by atoms with van der Waals surface area (Å²) in [5.41, 5.74) is 2.45. The molecule has 23 heavy (non-hydrogen) atoms. The summed E-state index contributed by atoms with van der Waals surface area (Å²) in [6.45, 7) is 4.50. The van der Waals surface area contributed by atoms with Crippen molar-refractivity contribution >= 4 is 0 Å². The lowest BCUT2D eigenvalue weighted by Gasteiger charge is -2.35. The first kappa shape index (κ1) is 18.1. The number of benzene rings is 1. The molecule has 1 aromatic carbocycles. The topological polar surface area (TPSA) is 23.8 Å². The quantitative estimate of drug-likeness (QED) is 0.499. The molecule has 1 nitrogen and oxygen atoms in total. The molecule has 1 fully saturated rings. The Hall–Kier alpha value is -1.29. The van der Waals surface area contributed by atoms with Gasteiger partial charge in [-0.15, -0.1) is 0 Å². The highest BCUT2D eigenvalue weighted by molar-refractivity contribution is 5.35. The lowest BCUT2D eigenvalue weighted by atomic mass is 9.66. The molecule has 0 heterocycles. The summed E-state index contributed by atoms with van der Waals surface area (Å²) in [6.07, 6.45) is 13.6. The van der Waals surface area contributed by atoms with E-state index >= 15 is 0 Å². The molecule has 0 atom stereocenters. The standard InChI is InChI=1S/C22H33N/c1-3-5-7-9-20-14-16-22(18-23,17-15-20)21-12-10-19(11-13-21)8-6-4-2/h10-13,20H,3-9,14-17H2,1-2H3/t20-,22+. The Morgan fingerprint density at radius 3 is 2.22 bits per heavy atom. The van der Waals surface area contributed by atoms with Crippen LogP contribution < -0.4 is 0 Å². The van der Waals surface area contributed by atoms with Crippen molar-refractivity contribution in [2.24, 2.45) is 5.92 Å². The van der Waals surface area contributed by atoms with Crippen molar-refractivity contribution in [1.29, 1.82) is 5.26 Å². The van der Waals surface area contributed by atoms with Gasteiger partial charge in [-0.1, -0.05) is 70.2 Å². The van der Waals surface area contributed by atoms with Gasteiger partial charge in [0.1, 0.15) is 0 Å². The maximum atomic E-state index is 9.86. The van der Waals surface area contributed by atoms with Gasteiger partial charge in [-0.05, 0) is 55.6 Å². The third-order valence-corrected chi connectivity index (χ3v) is 5.71. The summed E-state index contributed by atoms with van der Waals surface area (Å²) in [4.78, 5) is 0. The fourth-order valence-electron chi connectivity index (χ4n) is 3.98. The first-order chi connectivity index (χ1) is 11.2. The van der Waals surface area contributed by atoms with Crippen LogP contribution >= 0.6 is 0 Å². The number of nitrogens with zero attached hydrogens (tertiary/aromatic N) is 1. The van der Waals surface area contributed by atoms with Crippen molar-refractivity contribution in [2.45, 2.75) is 89.9 Å². The molecule has 0 spiro atoms. The van der Waals surface area contributed by atoms with E-state index in [4.69, 9.17) is 0 Å². The van der Waals surface area contributed by atoms with Gasteiger partial charge in [-0.3, -0.25) is 0 Å². The molecule has 0 amide bonds. The van der Waals surface area contributed by atoms with Crippen molar-refractivity contribution in [3.63, 3.8) is 0 Å². The normalized spacial score (nSPS) is 24.3. The minimum absolute atomic E-state index is 0.218. The predicted octanol–water partition coefficient (Wildman–Crippen LogP) is 6.56. The highest BCUT2D eigenvalue weighted by Crippen LogP contribution is 2.42. The molecule has 126 valence electrons. The summed E-state index contributed by atoms with van der Waals surface area (Å²) in [5, 5.41) is 9.86. The Bertz CT molecular complexity index is 486. The molecule has 1 aliphatic rings. The second kappa shape index (κ2) is 9.11. The predicted molar refractivity (Wildman–Crippen MR) is 98.4 cm³/mol. The molecule has 1 aromatic rings. The van der Waals surface area contributed by atoms with Crippen LogP contribution in [0.1, 0.15) is 89.2 Å². The van der Waals surface area contributed by atoms with Crippen molar-refractivity contribution in [1.82, 2.24) is 0 Å². The first-order valence-electron chi connectivity index (χ1n) is 9.74. The summed E-state index contributed by atoms with van der Waals surface area (Å²) in [5.74, 6) is 0.854. The number of nitriles is 1. The van der Waals surface area contributed by atoms with Crippen molar-refractivity contribution in [3.05, 3.63) is 35.4 Å². The zero-order chi connectivity index (χ0) is 16.5. The Morgan fingerprint density at radius 2 is 1.65 bits per heavy atom. The van der Waals surface area contributed by atoms with Gasteiger partial charge >= 0.3 is 0 Å². The van der Waals surface area contributed by atoms with E-state index in [2.05, 4.69) is 44.2 Å². The van der Waals surface area contributed by atoms with Crippen LogP contribution in [0.2, 0.25) is 0 Å². The fourth-order valence-corrected chi connectivity index (χ4v) is 3.98. The number of unbranched alkanes of at least 4 members (excludes halogenated alkanes) is 3. The molecular weight excluding hydrogens is 278 g/mol. The maximum Gasteiger partial charge on any atom is 0.0822 e. The van der Waals surface area contributed by atoms with Crippen LogP contribution in [0, 0.1) is 17.2 Å². The second-order valence-electron chi connectivity index (χ2n) is 7.43. The second-order valence-corrected chi connectivity index (χ2v) is 7.43. The summed E-state index contributed by atoms with van der Waals surface area (Å²) < 4.78 is 0. The number of rotatable bonds is 8. The molecule has 1 heteroatoms. The van der Waals surface area contributed by atoms with Crippen LogP contribution in [0.4, 0.5) is 0 Å². The van der Waals surface area contributed by atoms with Gasteiger partial charge in [0.25, 0.3) is 0 Å². The van der Waals surface area contributed by atoms with Gasteiger partial charge in [0, 0.05) is 0 Å². The smallest absolute Gasteiger partial charge is 0.0822 e. The van der Waals surface area contributed by atoms with E-state index in [0.29, 0.717) is 0 Å². The molecule has 0 aliphatic heterocycles. The van der Waals surface area contributed by atoms with Crippen LogP contribution in [-0.4, -0.2) is 0 Å². The molecule has 1 saturated carbocycles. The average Bonchev–Trinajstić information content (AvgIpc) is 2.61. The van der Waals surface area contributed by atoms with Gasteiger partial charge in [-0.2, -0.15) is 5.26 Å². The van der Waals surface area contributed by atoms with Gasteiger partial charge < -0.3 is 0 Å². The largest absolute Gasteiger partial charge is 0.197 e. The van der Waals surface area contributed by atoms with E-state index in [0.717, 1.165) is 25.2 Å². The van der Waals surface area contributed by atoms with Crippen LogP contribution in [0.25, 0.3) is 0 Å². The molecule has 0 unspecified atom stereocenters. The summed E-state index contributed by atoms with van der Waals surface area (Å²) in [7, 11) is 0. The summed E-state index contributed by atoms with van der Waals surface area (Å²) in [6, 6.07) is 11.6. The molecule has 0 N–H and O–H groups in total. The molecule has 2 rings (SSSR count). The summed E-state index contributed by atoms with van der Waals surface area (Å²) >= 11 is 0. The lowest BCUT2D eigenvalue weighted by molar-refractivity contribution is 0.261. The lowest BCUT2D eigenvalue weighted by Crippen LogP contribution is -2.30. The van der Waals surface area contributed by atoms with E-state index < -0.39 is 0 Å². The van der Waals surface area contributed by atoms with Crippen molar-refractivity contribution in [2.75, 3.05) is 0 Å². The number of hydrogen-bond donors (Lipinski definition) is 0. The molecule has 0 radical (unpaired) electrons. The van der Waals surface area contributed by atoms with Crippen LogP contribution in [-0.2, 0) is 11.8 Å². The minimum atomic E-state index is -0.218. The molecule has 1 aliphatic carbocycles. The average molecular weight is 312 g/mol. The molecule has 0 saturated heterocycles. The van der Waals surface area contributed by atoms with Gasteiger partial charge in [0.05, 0.1) is 11.5 Å². The van der Waals surface area contributed by atoms with Gasteiger partial charge in [0.2, 0.25) is 0 Å². The van der Waals surface area contributed by atoms with Gasteiger partial charge in [-0.25, -0.2) is 0 Å². The maximum absolute atomic E-state index is 9.86. The van der Waals surface area contributed by atoms with Crippen LogP contribution in [0.5, 0.6) is 0 Å². The van der Waals surface area contributed by atoms with Crippen molar-refractivity contribution < 1.29 is 0 Å². The third kappa shape index (κ3) is 4.84. The fraction of sp³-hybridized carbons (Fsp3) is 0.682. The van der Waals surface area contributed by atoms with E-state index in [1.54, 1.807) is 0 Å². The van der Waals surface area contributed by atoms with Crippen LogP contribution in [0.3, 0.4) is 0 Å². The van der Waals surface area contributed by atoms with E-state index in [-0.39, 0.29) is 5.41 Å². The minimum Gasteiger partial charge on any atom is -0.197 e. The van der Waals surface area contributed by atoms with E-state index in [9.17, 15) is 5.26 Å². The molecule has 0 aromatic heterocycles. The third-order valence-electron chi connectivity index (χ3n) is 5.71. The highest BCUT2D eigenvalue weighted by Gasteiger charge is 2.36. The first-order valence-corrected chi connectivity index (χ1v) is 9.74. The Labute approximate surface area is 143 Å². The zero-order valence-electron chi connectivity index (χ0n) is 15.1. The van der Waals surface area contributed by atoms with Crippen molar-refractivity contribution in [3.8, 4) is 6.07 Å². The van der Waals surface area contributed by atoms with Gasteiger partial charge in [0.15, 0.2) is 0 Å². The Balaban J connectivity index is 1.95. The Morgan fingerprint density at radius 1 is 1.00 bits per heavy atom. The Kier molecular flexibility index (Phi) is 7.15. The van der Waals surface area contributed by atoms with E-state index in [1.807, 2.05) is 0 Å². The van der Waals surface area contributed by atoms with E-state index in [1.165, 1.54) is 62.5 Å². The number of hydrogen-bond acceptors (Lipinski definition) is 1. The zero-order valence-corrected chi connectivity index (χ0v) is 15.1. The SMILES string of the molecule is CCCCC[C@H]1CC[C@@](C#N)(c2ccc(CCCC)cc2)CC1. The monoisotopic (exact) mass is 311 g/mol.